The highest BCUT2D eigenvalue weighted by atomic mass is 16.5. The van der Waals surface area contributed by atoms with Crippen LogP contribution in [0.3, 0.4) is 0 Å². The van der Waals surface area contributed by atoms with Crippen molar-refractivity contribution < 1.29 is 4.52 Å². The van der Waals surface area contributed by atoms with E-state index in [2.05, 4.69) is 15.5 Å². The van der Waals surface area contributed by atoms with Crippen molar-refractivity contribution in [3.63, 3.8) is 0 Å². The zero-order valence-electron chi connectivity index (χ0n) is 10.0. The predicted octanol–water partition coefficient (Wildman–Crippen LogP) is 1.92. The van der Waals surface area contributed by atoms with Gasteiger partial charge in [-0.3, -0.25) is 0 Å². The molecule has 1 heterocycles. The minimum absolute atomic E-state index is 0.640. The number of nitrogens with two attached hydrogens (primary N) is 1. The van der Waals surface area contributed by atoms with E-state index in [0.29, 0.717) is 18.1 Å². The Labute approximate surface area is 100 Å². The highest BCUT2D eigenvalue weighted by Gasteiger charge is 2.03. The van der Waals surface area contributed by atoms with Crippen LogP contribution in [0.1, 0.15) is 17.3 Å². The summed E-state index contributed by atoms with van der Waals surface area (Å²) >= 11 is 0. The quantitative estimate of drug-likeness (QED) is 0.787. The van der Waals surface area contributed by atoms with Gasteiger partial charge < -0.3 is 15.6 Å². The first-order chi connectivity index (χ1) is 8.15. The number of aryl methyl sites for hydroxylation is 2. The summed E-state index contributed by atoms with van der Waals surface area (Å²) < 4.78 is 5.02. The van der Waals surface area contributed by atoms with E-state index >= 15 is 0 Å². The molecule has 0 bridgehead atoms. The van der Waals surface area contributed by atoms with Crippen molar-refractivity contribution >= 4 is 11.4 Å². The minimum atomic E-state index is 0.640. The molecule has 0 aliphatic rings. The number of hydrogen-bond acceptors (Lipinski definition) is 5. The Balaban J connectivity index is 1.90. The van der Waals surface area contributed by atoms with Gasteiger partial charge in [0.25, 0.3) is 0 Å². The molecule has 0 amide bonds. The van der Waals surface area contributed by atoms with Gasteiger partial charge in [0.15, 0.2) is 5.82 Å². The molecule has 90 valence electrons. The first kappa shape index (κ1) is 11.4. The van der Waals surface area contributed by atoms with Gasteiger partial charge in [-0.1, -0.05) is 11.2 Å². The number of nitrogens with one attached hydrogen (secondary N) is 1. The maximum Gasteiger partial charge on any atom is 0.228 e. The Morgan fingerprint density at radius 1 is 1.35 bits per heavy atom. The van der Waals surface area contributed by atoms with Crippen molar-refractivity contribution in [1.29, 1.82) is 0 Å². The summed E-state index contributed by atoms with van der Waals surface area (Å²) in [5.74, 6) is 1.30. The summed E-state index contributed by atoms with van der Waals surface area (Å²) in [7, 11) is 0. The molecule has 5 heteroatoms. The second kappa shape index (κ2) is 4.86. The molecule has 0 aliphatic heterocycles. The average Bonchev–Trinajstić information content (AvgIpc) is 2.68. The van der Waals surface area contributed by atoms with Gasteiger partial charge in [-0.05, 0) is 31.5 Å². The second-order valence-electron chi connectivity index (χ2n) is 4.00. The fourth-order valence-corrected chi connectivity index (χ4v) is 1.59. The third kappa shape index (κ3) is 2.96. The molecule has 1 aromatic heterocycles. The van der Waals surface area contributed by atoms with Crippen LogP contribution in [0.4, 0.5) is 11.4 Å². The number of benzene rings is 1. The molecular weight excluding hydrogens is 216 g/mol. The molecule has 2 aromatic rings. The third-order valence-electron chi connectivity index (χ3n) is 2.43. The van der Waals surface area contributed by atoms with Crippen molar-refractivity contribution in [3.8, 4) is 0 Å². The van der Waals surface area contributed by atoms with E-state index in [9.17, 15) is 0 Å². The molecule has 0 aliphatic carbocycles. The number of anilines is 2. The smallest absolute Gasteiger partial charge is 0.228 e. The minimum Gasteiger partial charge on any atom is -0.397 e. The highest BCUT2D eigenvalue weighted by molar-refractivity contribution is 5.66. The molecular formula is C12H16N4O. The number of aromatic nitrogens is 2. The van der Waals surface area contributed by atoms with Gasteiger partial charge in [0.2, 0.25) is 5.89 Å². The Morgan fingerprint density at radius 2 is 2.18 bits per heavy atom. The van der Waals surface area contributed by atoms with Gasteiger partial charge >= 0.3 is 0 Å². The normalized spacial score (nSPS) is 10.5. The number of nitrogen functional groups attached to an aromatic ring is 1. The van der Waals surface area contributed by atoms with Crippen LogP contribution in [0.2, 0.25) is 0 Å². The molecule has 0 fully saturated rings. The van der Waals surface area contributed by atoms with Crippen molar-refractivity contribution in [2.75, 3.05) is 17.6 Å². The summed E-state index contributed by atoms with van der Waals surface area (Å²) in [6.45, 7) is 4.54. The summed E-state index contributed by atoms with van der Waals surface area (Å²) in [5.41, 5.74) is 8.74. The van der Waals surface area contributed by atoms with E-state index in [1.54, 1.807) is 6.92 Å². The SMILES string of the molecule is Cc1ccc(NCCc2nc(C)no2)c(N)c1. The standard InChI is InChI=1S/C12H16N4O/c1-8-3-4-11(10(13)7-8)14-6-5-12-15-9(2)16-17-12/h3-4,7,14H,5-6,13H2,1-2H3. The fourth-order valence-electron chi connectivity index (χ4n) is 1.59. The summed E-state index contributed by atoms with van der Waals surface area (Å²) in [6, 6.07) is 5.94. The van der Waals surface area contributed by atoms with Gasteiger partial charge in [0.1, 0.15) is 0 Å². The third-order valence-corrected chi connectivity index (χ3v) is 2.43. The largest absolute Gasteiger partial charge is 0.397 e. The molecule has 17 heavy (non-hydrogen) atoms. The van der Waals surface area contributed by atoms with E-state index in [-0.39, 0.29) is 0 Å². The van der Waals surface area contributed by atoms with Crippen LogP contribution in [0, 0.1) is 13.8 Å². The first-order valence-corrected chi connectivity index (χ1v) is 5.54. The van der Waals surface area contributed by atoms with Gasteiger partial charge in [-0.25, -0.2) is 0 Å². The van der Waals surface area contributed by atoms with Crippen LogP contribution in [0.15, 0.2) is 22.7 Å². The molecule has 0 unspecified atom stereocenters. The Kier molecular flexibility index (Phi) is 3.27. The number of rotatable bonds is 4. The lowest BCUT2D eigenvalue weighted by atomic mass is 10.2. The van der Waals surface area contributed by atoms with Gasteiger partial charge in [0.05, 0.1) is 11.4 Å². The van der Waals surface area contributed by atoms with Gasteiger partial charge in [-0.15, -0.1) is 0 Å². The monoisotopic (exact) mass is 232 g/mol. The number of nitrogens with zero attached hydrogens (tertiary/aromatic N) is 2. The van der Waals surface area contributed by atoms with E-state index < -0.39 is 0 Å². The van der Waals surface area contributed by atoms with Crippen molar-refractivity contribution in [1.82, 2.24) is 10.1 Å². The Hall–Kier alpha value is -2.04. The maximum atomic E-state index is 5.89. The molecule has 0 radical (unpaired) electrons. The van der Waals surface area contributed by atoms with E-state index in [1.165, 1.54) is 0 Å². The zero-order chi connectivity index (χ0) is 12.3. The molecule has 1 aromatic carbocycles. The summed E-state index contributed by atoms with van der Waals surface area (Å²) in [4.78, 5) is 4.13. The van der Waals surface area contributed by atoms with Crippen molar-refractivity contribution in [2.45, 2.75) is 20.3 Å². The Bertz CT molecular complexity index is 507. The highest BCUT2D eigenvalue weighted by Crippen LogP contribution is 2.19. The average molecular weight is 232 g/mol. The lowest BCUT2D eigenvalue weighted by molar-refractivity contribution is 0.377. The topological polar surface area (TPSA) is 77.0 Å². The molecule has 2 rings (SSSR count). The predicted molar refractivity (Wildman–Crippen MR) is 66.8 cm³/mol. The second-order valence-corrected chi connectivity index (χ2v) is 4.00. The van der Waals surface area contributed by atoms with Crippen molar-refractivity contribution in [3.05, 3.63) is 35.5 Å². The summed E-state index contributed by atoms with van der Waals surface area (Å²) in [5, 5.41) is 6.98. The van der Waals surface area contributed by atoms with Gasteiger partial charge in [0, 0.05) is 13.0 Å². The number of hydrogen-bond donors (Lipinski definition) is 2. The van der Waals surface area contributed by atoms with Crippen LogP contribution < -0.4 is 11.1 Å². The van der Waals surface area contributed by atoms with Crippen LogP contribution in [0.25, 0.3) is 0 Å². The summed E-state index contributed by atoms with van der Waals surface area (Å²) in [6.07, 6.45) is 0.689. The first-order valence-electron chi connectivity index (χ1n) is 5.54. The fraction of sp³-hybridized carbons (Fsp3) is 0.333. The van der Waals surface area contributed by atoms with Crippen LogP contribution in [-0.2, 0) is 6.42 Å². The molecule has 0 saturated heterocycles. The molecule has 0 atom stereocenters. The molecule has 0 spiro atoms. The van der Waals surface area contributed by atoms with Crippen molar-refractivity contribution in [2.24, 2.45) is 0 Å². The van der Waals surface area contributed by atoms with E-state index in [1.807, 2.05) is 25.1 Å². The van der Waals surface area contributed by atoms with E-state index in [4.69, 9.17) is 10.3 Å². The zero-order valence-corrected chi connectivity index (χ0v) is 10.0. The molecule has 0 saturated carbocycles. The van der Waals surface area contributed by atoms with Gasteiger partial charge in [-0.2, -0.15) is 4.98 Å². The van der Waals surface area contributed by atoms with E-state index in [0.717, 1.165) is 23.5 Å². The van der Waals surface area contributed by atoms with Crippen LogP contribution in [0.5, 0.6) is 0 Å². The molecule has 5 nitrogen and oxygen atoms in total. The van der Waals surface area contributed by atoms with Crippen LogP contribution in [-0.4, -0.2) is 16.7 Å². The lowest BCUT2D eigenvalue weighted by Crippen LogP contribution is -2.07. The molecule has 3 N–H and O–H groups in total. The van der Waals surface area contributed by atoms with Crippen LogP contribution >= 0.6 is 0 Å². The Morgan fingerprint density at radius 3 is 2.82 bits per heavy atom. The lowest BCUT2D eigenvalue weighted by Gasteiger charge is -2.08. The maximum absolute atomic E-state index is 5.89.